The number of amides is 1. The molecule has 0 aromatic heterocycles. The summed E-state index contributed by atoms with van der Waals surface area (Å²) in [5.41, 5.74) is 2.61. The molecular weight excluding hydrogens is 445 g/mol. The molecule has 1 saturated heterocycles. The molecule has 0 N–H and O–H groups in total. The molecule has 0 radical (unpaired) electrons. The van der Waals surface area contributed by atoms with Crippen LogP contribution in [0.4, 0.5) is 0 Å². The minimum atomic E-state index is -3.14. The van der Waals surface area contributed by atoms with E-state index in [4.69, 9.17) is 27.9 Å². The van der Waals surface area contributed by atoms with Crippen molar-refractivity contribution in [2.24, 2.45) is 0 Å². The van der Waals surface area contributed by atoms with Crippen LogP contribution < -0.4 is 4.74 Å². The number of hydrogen-bond acceptors (Lipinski definition) is 4. The highest BCUT2D eigenvalue weighted by Gasteiger charge is 2.36. The van der Waals surface area contributed by atoms with Crippen LogP contribution in [-0.4, -0.2) is 42.9 Å². The second-order valence-corrected chi connectivity index (χ2v) is 10.8. The third kappa shape index (κ3) is 5.48. The van der Waals surface area contributed by atoms with Gasteiger partial charge in [-0.25, -0.2) is 8.42 Å². The average molecular weight is 470 g/mol. The van der Waals surface area contributed by atoms with E-state index in [1.807, 2.05) is 26.0 Å². The Balaban J connectivity index is 1.82. The maximum absolute atomic E-state index is 13.3. The van der Waals surface area contributed by atoms with Crippen molar-refractivity contribution >= 4 is 38.9 Å². The number of carbonyl (C=O) groups is 1. The van der Waals surface area contributed by atoms with Crippen molar-refractivity contribution in [2.45, 2.75) is 45.9 Å². The molecule has 1 fully saturated rings. The Bertz CT molecular complexity index is 1010. The zero-order chi connectivity index (χ0) is 22.1. The molecule has 0 aliphatic carbocycles. The van der Waals surface area contributed by atoms with Gasteiger partial charge in [0.2, 0.25) is 0 Å². The summed E-state index contributed by atoms with van der Waals surface area (Å²) < 4.78 is 30.0. The van der Waals surface area contributed by atoms with E-state index in [9.17, 15) is 13.2 Å². The predicted molar refractivity (Wildman–Crippen MR) is 120 cm³/mol. The van der Waals surface area contributed by atoms with E-state index in [1.54, 1.807) is 36.1 Å². The normalized spacial score (nSPS) is 18.8. The highest BCUT2D eigenvalue weighted by molar-refractivity contribution is 7.91. The van der Waals surface area contributed by atoms with E-state index >= 15 is 0 Å². The molecule has 2 aromatic rings. The first-order valence-corrected chi connectivity index (χ1v) is 12.3. The fraction of sp³-hybridized carbons (Fsp3) is 0.409. The van der Waals surface area contributed by atoms with E-state index in [1.165, 1.54) is 0 Å². The molecule has 1 aliphatic rings. The largest absolute Gasteiger partial charge is 0.481 e. The van der Waals surface area contributed by atoms with Crippen molar-refractivity contribution in [3.8, 4) is 5.75 Å². The van der Waals surface area contributed by atoms with E-state index in [2.05, 4.69) is 0 Å². The molecule has 2 aromatic carbocycles. The van der Waals surface area contributed by atoms with Crippen LogP contribution in [0.5, 0.6) is 5.75 Å². The van der Waals surface area contributed by atoms with Crippen molar-refractivity contribution in [2.75, 3.05) is 11.5 Å². The third-order valence-corrected chi connectivity index (χ3v) is 7.87. The number of benzene rings is 2. The summed E-state index contributed by atoms with van der Waals surface area (Å²) in [7, 11) is -3.14. The van der Waals surface area contributed by atoms with Crippen molar-refractivity contribution in [3.63, 3.8) is 0 Å². The summed E-state index contributed by atoms with van der Waals surface area (Å²) >= 11 is 12.2. The van der Waals surface area contributed by atoms with Crippen molar-refractivity contribution in [1.82, 2.24) is 4.90 Å². The fourth-order valence-electron chi connectivity index (χ4n) is 3.66. The lowest BCUT2D eigenvalue weighted by atomic mass is 10.1. The van der Waals surface area contributed by atoms with Gasteiger partial charge in [-0.2, -0.15) is 0 Å². The number of rotatable bonds is 6. The summed E-state index contributed by atoms with van der Waals surface area (Å²) in [6.45, 7) is 5.73. The number of carbonyl (C=O) groups excluding carboxylic acids is 1. The standard InChI is InChI=1S/C22H25Cl2NO4S/c1-14-10-20(11-15(2)21(14)24)29-16(3)22(26)25(19-8-9-30(27,28)13-19)12-17-4-6-18(23)7-5-17/h4-7,10-11,16,19H,8-9,12-13H2,1-3H3/t16-,19+/m1/s1. The Labute approximate surface area is 187 Å². The van der Waals surface area contributed by atoms with Crippen LogP contribution in [0.15, 0.2) is 36.4 Å². The molecule has 1 heterocycles. The molecule has 1 aliphatic heterocycles. The van der Waals surface area contributed by atoms with Crippen LogP contribution in [0.3, 0.4) is 0 Å². The van der Waals surface area contributed by atoms with Gasteiger partial charge in [-0.15, -0.1) is 0 Å². The monoisotopic (exact) mass is 469 g/mol. The van der Waals surface area contributed by atoms with Crippen LogP contribution in [0.25, 0.3) is 0 Å². The Morgan fingerprint density at radius 3 is 2.30 bits per heavy atom. The molecule has 3 rings (SSSR count). The maximum Gasteiger partial charge on any atom is 0.263 e. The van der Waals surface area contributed by atoms with E-state index in [-0.39, 0.29) is 23.5 Å². The summed E-state index contributed by atoms with van der Waals surface area (Å²) in [4.78, 5) is 14.9. The second-order valence-electron chi connectivity index (χ2n) is 7.78. The van der Waals surface area contributed by atoms with Crippen LogP contribution in [0.1, 0.15) is 30.0 Å². The summed E-state index contributed by atoms with van der Waals surface area (Å²) in [5, 5.41) is 1.27. The fourth-order valence-corrected chi connectivity index (χ4v) is 5.62. The number of halogens is 2. The second kappa shape index (κ2) is 9.16. The van der Waals surface area contributed by atoms with Crippen molar-refractivity contribution in [3.05, 3.63) is 63.1 Å². The Kier molecular flexibility index (Phi) is 7.00. The minimum Gasteiger partial charge on any atom is -0.481 e. The lowest BCUT2D eigenvalue weighted by Crippen LogP contribution is -2.46. The Hall–Kier alpha value is -1.76. The van der Waals surface area contributed by atoms with Crippen LogP contribution in [-0.2, 0) is 21.2 Å². The smallest absolute Gasteiger partial charge is 0.263 e. The van der Waals surface area contributed by atoms with Gasteiger partial charge in [-0.05, 0) is 68.1 Å². The van der Waals surface area contributed by atoms with E-state index < -0.39 is 15.9 Å². The molecule has 0 unspecified atom stereocenters. The third-order valence-electron chi connectivity index (χ3n) is 5.27. The van der Waals surface area contributed by atoms with Crippen molar-refractivity contribution in [1.29, 1.82) is 0 Å². The van der Waals surface area contributed by atoms with Gasteiger partial charge in [0.05, 0.1) is 11.5 Å². The van der Waals surface area contributed by atoms with Gasteiger partial charge in [0.1, 0.15) is 5.75 Å². The lowest BCUT2D eigenvalue weighted by molar-refractivity contribution is -0.140. The number of sulfone groups is 1. The average Bonchev–Trinajstić information content (AvgIpc) is 3.04. The summed E-state index contributed by atoms with van der Waals surface area (Å²) in [6.07, 6.45) is -0.353. The number of nitrogens with zero attached hydrogens (tertiary/aromatic N) is 1. The zero-order valence-electron chi connectivity index (χ0n) is 17.2. The number of aryl methyl sites for hydroxylation is 2. The first-order chi connectivity index (χ1) is 14.1. The zero-order valence-corrected chi connectivity index (χ0v) is 19.5. The predicted octanol–water partition coefficient (Wildman–Crippen LogP) is 4.59. The first-order valence-electron chi connectivity index (χ1n) is 9.74. The Morgan fingerprint density at radius 1 is 1.17 bits per heavy atom. The summed E-state index contributed by atoms with van der Waals surface area (Å²) in [6, 6.07) is 10.4. The van der Waals surface area contributed by atoms with Gasteiger partial charge in [-0.1, -0.05) is 35.3 Å². The number of ether oxygens (including phenoxy) is 1. The highest BCUT2D eigenvalue weighted by atomic mass is 35.5. The van der Waals surface area contributed by atoms with Gasteiger partial charge < -0.3 is 9.64 Å². The van der Waals surface area contributed by atoms with Crippen LogP contribution in [0.2, 0.25) is 10.0 Å². The van der Waals surface area contributed by atoms with E-state index in [0.29, 0.717) is 28.8 Å². The highest BCUT2D eigenvalue weighted by Crippen LogP contribution is 2.27. The molecule has 2 atom stereocenters. The van der Waals surface area contributed by atoms with Gasteiger partial charge in [0.25, 0.3) is 5.91 Å². The quantitative estimate of drug-likeness (QED) is 0.620. The van der Waals surface area contributed by atoms with Crippen LogP contribution >= 0.6 is 23.2 Å². The topological polar surface area (TPSA) is 63.7 Å². The Morgan fingerprint density at radius 2 is 1.77 bits per heavy atom. The van der Waals surface area contributed by atoms with E-state index in [0.717, 1.165) is 16.7 Å². The minimum absolute atomic E-state index is 0.0296. The first kappa shape index (κ1) is 22.9. The maximum atomic E-state index is 13.3. The molecule has 0 saturated carbocycles. The molecule has 30 heavy (non-hydrogen) atoms. The molecule has 162 valence electrons. The SMILES string of the molecule is Cc1cc(O[C@H](C)C(=O)N(Cc2ccc(Cl)cc2)[C@H]2CCS(=O)(=O)C2)cc(C)c1Cl. The summed E-state index contributed by atoms with van der Waals surface area (Å²) in [5.74, 6) is 0.364. The molecule has 0 spiro atoms. The molecular formula is C22H25Cl2NO4S. The van der Waals surface area contributed by atoms with Gasteiger partial charge in [0, 0.05) is 22.6 Å². The number of hydrogen-bond donors (Lipinski definition) is 0. The van der Waals surface area contributed by atoms with Crippen molar-refractivity contribution < 1.29 is 17.9 Å². The van der Waals surface area contributed by atoms with Crippen LogP contribution in [0, 0.1) is 13.8 Å². The molecule has 5 nitrogen and oxygen atoms in total. The molecule has 1 amide bonds. The van der Waals surface area contributed by atoms with Gasteiger partial charge in [0.15, 0.2) is 15.9 Å². The molecule has 8 heteroatoms. The van der Waals surface area contributed by atoms with Gasteiger partial charge in [-0.3, -0.25) is 4.79 Å². The van der Waals surface area contributed by atoms with Gasteiger partial charge >= 0.3 is 0 Å². The molecule has 0 bridgehead atoms. The lowest BCUT2D eigenvalue weighted by Gasteiger charge is -2.31.